The summed E-state index contributed by atoms with van der Waals surface area (Å²) in [6.45, 7) is 1.20. The molecule has 92 valence electrons. The lowest BCUT2D eigenvalue weighted by atomic mass is 9.84. The molecule has 1 aromatic rings. The molecule has 1 N–H and O–H groups in total. The monoisotopic (exact) mass is 231 g/mol. The fraction of sp³-hybridized carbons (Fsp3) is 0.600. The third kappa shape index (κ3) is 2.63. The van der Waals surface area contributed by atoms with Gasteiger partial charge < -0.3 is 10.1 Å². The lowest BCUT2D eigenvalue weighted by Crippen LogP contribution is -2.28. The zero-order valence-corrected chi connectivity index (χ0v) is 10.5. The number of nitrogens with one attached hydrogen (secondary N) is 1. The van der Waals surface area contributed by atoms with Crippen LogP contribution in [0.1, 0.15) is 30.4 Å². The van der Waals surface area contributed by atoms with Crippen molar-refractivity contribution in [1.82, 2.24) is 5.32 Å². The van der Waals surface area contributed by atoms with Gasteiger partial charge in [-0.25, -0.2) is 0 Å². The van der Waals surface area contributed by atoms with Crippen LogP contribution in [-0.4, -0.2) is 19.7 Å². The minimum atomic E-state index is 0.815. The molecule has 0 aliphatic heterocycles. The predicted molar refractivity (Wildman–Crippen MR) is 69.5 cm³/mol. The Bertz CT molecular complexity index is 398. The molecule has 1 saturated carbocycles. The molecular formula is C15H21NO. The molecule has 0 radical (unpaired) electrons. The highest BCUT2D eigenvalue weighted by Gasteiger charge is 2.24. The summed E-state index contributed by atoms with van der Waals surface area (Å²) in [5.41, 5.74) is 3.02. The number of methoxy groups -OCH3 is 1. The zero-order chi connectivity index (χ0) is 11.7. The first-order valence-corrected chi connectivity index (χ1v) is 6.74. The van der Waals surface area contributed by atoms with Crippen LogP contribution in [0.2, 0.25) is 0 Å². The van der Waals surface area contributed by atoms with Gasteiger partial charge in [-0.15, -0.1) is 0 Å². The van der Waals surface area contributed by atoms with E-state index in [2.05, 4.69) is 23.5 Å². The van der Waals surface area contributed by atoms with E-state index in [1.807, 2.05) is 0 Å². The summed E-state index contributed by atoms with van der Waals surface area (Å²) in [6.07, 6.45) is 6.55. The number of aryl methyl sites for hydroxylation is 1. The van der Waals surface area contributed by atoms with Gasteiger partial charge in [-0.1, -0.05) is 6.07 Å². The van der Waals surface area contributed by atoms with Gasteiger partial charge in [-0.3, -0.25) is 0 Å². The third-order valence-corrected chi connectivity index (χ3v) is 4.02. The highest BCUT2D eigenvalue weighted by atomic mass is 16.5. The Hall–Kier alpha value is -1.02. The molecule has 0 amide bonds. The maximum absolute atomic E-state index is 5.31. The summed E-state index contributed by atoms with van der Waals surface area (Å²) in [5, 5.41) is 3.65. The number of hydrogen-bond acceptors (Lipinski definition) is 2. The van der Waals surface area contributed by atoms with E-state index in [1.165, 1.54) is 49.8 Å². The quantitative estimate of drug-likeness (QED) is 0.860. The second kappa shape index (κ2) is 4.69. The lowest BCUT2D eigenvalue weighted by molar-refractivity contribution is 0.405. The minimum Gasteiger partial charge on any atom is -0.497 e. The average molecular weight is 231 g/mol. The van der Waals surface area contributed by atoms with Gasteiger partial charge in [0.05, 0.1) is 7.11 Å². The molecule has 0 aromatic heterocycles. The summed E-state index contributed by atoms with van der Waals surface area (Å²) in [6, 6.07) is 7.38. The number of rotatable bonds is 4. The molecule has 2 aliphatic rings. The first kappa shape index (κ1) is 11.1. The molecule has 0 bridgehead atoms. The summed E-state index contributed by atoms with van der Waals surface area (Å²) in [5.74, 6) is 1.81. The fourth-order valence-electron chi connectivity index (χ4n) is 2.73. The van der Waals surface area contributed by atoms with Crippen molar-refractivity contribution in [3.63, 3.8) is 0 Å². The van der Waals surface area contributed by atoms with Gasteiger partial charge in [-0.05, 0) is 67.8 Å². The Morgan fingerprint density at radius 1 is 1.24 bits per heavy atom. The standard InChI is InChI=1S/C15H21NO/c1-17-15-7-4-12-3-2-11(8-13(12)9-15)10-16-14-5-6-14/h4,7,9,11,14,16H,2-3,5-6,8,10H2,1H3. The summed E-state index contributed by atoms with van der Waals surface area (Å²) < 4.78 is 5.31. The molecule has 1 atom stereocenters. The molecule has 0 heterocycles. The van der Waals surface area contributed by atoms with Gasteiger partial charge in [0, 0.05) is 6.04 Å². The Morgan fingerprint density at radius 3 is 2.88 bits per heavy atom. The van der Waals surface area contributed by atoms with Crippen LogP contribution >= 0.6 is 0 Å². The molecule has 0 saturated heterocycles. The van der Waals surface area contributed by atoms with Crippen molar-refractivity contribution in [2.45, 2.75) is 38.1 Å². The molecule has 1 aromatic carbocycles. The van der Waals surface area contributed by atoms with Crippen LogP contribution in [0.15, 0.2) is 18.2 Å². The second-order valence-corrected chi connectivity index (χ2v) is 5.43. The van der Waals surface area contributed by atoms with Crippen molar-refractivity contribution >= 4 is 0 Å². The Morgan fingerprint density at radius 2 is 2.12 bits per heavy atom. The number of fused-ring (bicyclic) bond motifs is 1. The molecule has 2 heteroatoms. The molecule has 2 aliphatic carbocycles. The van der Waals surface area contributed by atoms with Crippen LogP contribution in [0.5, 0.6) is 5.75 Å². The maximum Gasteiger partial charge on any atom is 0.119 e. The molecule has 17 heavy (non-hydrogen) atoms. The van der Waals surface area contributed by atoms with Crippen molar-refractivity contribution in [2.24, 2.45) is 5.92 Å². The topological polar surface area (TPSA) is 21.3 Å². The SMILES string of the molecule is COc1ccc2c(c1)CC(CNC1CC1)CC2. The molecule has 3 rings (SSSR count). The third-order valence-electron chi connectivity index (χ3n) is 4.02. The molecule has 0 spiro atoms. The normalized spacial score (nSPS) is 23.2. The van der Waals surface area contributed by atoms with Crippen molar-refractivity contribution < 1.29 is 4.74 Å². The summed E-state index contributed by atoms with van der Waals surface area (Å²) in [7, 11) is 1.75. The molecular weight excluding hydrogens is 210 g/mol. The van der Waals surface area contributed by atoms with Crippen LogP contribution in [0, 0.1) is 5.92 Å². The number of benzene rings is 1. The van der Waals surface area contributed by atoms with Crippen molar-refractivity contribution in [1.29, 1.82) is 0 Å². The van der Waals surface area contributed by atoms with Crippen LogP contribution < -0.4 is 10.1 Å². The van der Waals surface area contributed by atoms with E-state index in [1.54, 1.807) is 7.11 Å². The maximum atomic E-state index is 5.31. The van der Waals surface area contributed by atoms with Gasteiger partial charge in [0.1, 0.15) is 5.75 Å². The van der Waals surface area contributed by atoms with Crippen LogP contribution in [0.25, 0.3) is 0 Å². The fourth-order valence-corrected chi connectivity index (χ4v) is 2.73. The molecule has 2 nitrogen and oxygen atoms in total. The Balaban J connectivity index is 1.65. The van der Waals surface area contributed by atoms with Crippen LogP contribution in [0.3, 0.4) is 0 Å². The van der Waals surface area contributed by atoms with E-state index < -0.39 is 0 Å². The van der Waals surface area contributed by atoms with E-state index in [0.29, 0.717) is 0 Å². The lowest BCUT2D eigenvalue weighted by Gasteiger charge is -2.25. The first-order chi connectivity index (χ1) is 8.35. The van der Waals surface area contributed by atoms with E-state index in [9.17, 15) is 0 Å². The van der Waals surface area contributed by atoms with Crippen molar-refractivity contribution in [3.05, 3.63) is 29.3 Å². The van der Waals surface area contributed by atoms with Crippen molar-refractivity contribution in [2.75, 3.05) is 13.7 Å². The van der Waals surface area contributed by atoms with E-state index in [4.69, 9.17) is 4.74 Å². The van der Waals surface area contributed by atoms with Crippen LogP contribution in [0.4, 0.5) is 0 Å². The number of hydrogen-bond donors (Lipinski definition) is 1. The smallest absolute Gasteiger partial charge is 0.119 e. The van der Waals surface area contributed by atoms with E-state index in [-0.39, 0.29) is 0 Å². The zero-order valence-electron chi connectivity index (χ0n) is 10.5. The molecule has 1 unspecified atom stereocenters. The van der Waals surface area contributed by atoms with E-state index in [0.717, 1.165) is 17.7 Å². The highest BCUT2D eigenvalue weighted by molar-refractivity contribution is 5.37. The molecule has 1 fully saturated rings. The van der Waals surface area contributed by atoms with E-state index >= 15 is 0 Å². The second-order valence-electron chi connectivity index (χ2n) is 5.43. The number of ether oxygens (including phenoxy) is 1. The Labute approximate surface area is 103 Å². The van der Waals surface area contributed by atoms with Gasteiger partial charge in [-0.2, -0.15) is 0 Å². The Kier molecular flexibility index (Phi) is 3.06. The largest absolute Gasteiger partial charge is 0.497 e. The first-order valence-electron chi connectivity index (χ1n) is 6.74. The summed E-state index contributed by atoms with van der Waals surface area (Å²) in [4.78, 5) is 0. The van der Waals surface area contributed by atoms with Gasteiger partial charge >= 0.3 is 0 Å². The summed E-state index contributed by atoms with van der Waals surface area (Å²) >= 11 is 0. The van der Waals surface area contributed by atoms with Gasteiger partial charge in [0.25, 0.3) is 0 Å². The minimum absolute atomic E-state index is 0.815. The van der Waals surface area contributed by atoms with Gasteiger partial charge in [0.15, 0.2) is 0 Å². The van der Waals surface area contributed by atoms with Gasteiger partial charge in [0.2, 0.25) is 0 Å². The van der Waals surface area contributed by atoms with Crippen LogP contribution in [-0.2, 0) is 12.8 Å². The van der Waals surface area contributed by atoms with Crippen molar-refractivity contribution in [3.8, 4) is 5.75 Å². The highest BCUT2D eigenvalue weighted by Crippen LogP contribution is 2.29. The average Bonchev–Trinajstić information content (AvgIpc) is 3.19. The predicted octanol–water partition coefficient (Wildman–Crippen LogP) is 2.55.